The van der Waals surface area contributed by atoms with Crippen LogP contribution in [-0.4, -0.2) is 52.7 Å². The smallest absolute Gasteiger partial charge is 0.332 e. The molecule has 4 rings (SSSR count). The Labute approximate surface area is 235 Å². The Morgan fingerprint density at radius 3 is 2.34 bits per heavy atom. The zero-order chi connectivity index (χ0) is 30.1. The normalized spacial score (nSPS) is 15.1. The van der Waals surface area contributed by atoms with Crippen LogP contribution in [0.1, 0.15) is 40.9 Å². The molecule has 41 heavy (non-hydrogen) atoms. The van der Waals surface area contributed by atoms with E-state index in [0.717, 1.165) is 14.7 Å². The van der Waals surface area contributed by atoms with Crippen molar-refractivity contribution >= 4 is 39.2 Å². The molecule has 0 radical (unpaired) electrons. The lowest BCUT2D eigenvalue weighted by Gasteiger charge is -2.36. The van der Waals surface area contributed by atoms with Gasteiger partial charge in [-0.1, -0.05) is 24.3 Å². The number of rotatable bonds is 8. The Morgan fingerprint density at radius 1 is 1.02 bits per heavy atom. The third-order valence-electron chi connectivity index (χ3n) is 6.86. The summed E-state index contributed by atoms with van der Waals surface area (Å²) >= 11 is 0. The van der Waals surface area contributed by atoms with Crippen molar-refractivity contribution < 1.29 is 27.5 Å². The van der Waals surface area contributed by atoms with Gasteiger partial charge in [-0.2, -0.15) is 4.31 Å². The van der Waals surface area contributed by atoms with Gasteiger partial charge < -0.3 is 15.8 Å². The molecule has 0 saturated carbocycles. The molecule has 1 amide bonds. The molecule has 0 aliphatic carbocycles. The second-order valence-corrected chi connectivity index (χ2v) is 11.4. The summed E-state index contributed by atoms with van der Waals surface area (Å²) in [6, 6.07) is 11.9. The van der Waals surface area contributed by atoms with E-state index in [0.29, 0.717) is 17.7 Å². The Hall–Kier alpha value is -4.56. The molecule has 13 nitrogen and oxygen atoms in total. The molecule has 0 saturated heterocycles. The molecule has 3 N–H and O–H groups in total. The lowest BCUT2D eigenvalue weighted by molar-refractivity contribution is -0.143. The standard InChI is InChI=1S/C27H29N5O8S/c1-16(33)29-18-8-10-19(11-9-18)41(38,39)32-13-12-17-6-4-5-7-20(17)21(32)14-23(35)40-15-22(34)24-25(28)30(2)27(37)31(3)26(24)36/h4-11,21H,12-15,28H2,1-3H3,(H,29,33). The highest BCUT2D eigenvalue weighted by Gasteiger charge is 2.38. The van der Waals surface area contributed by atoms with Crippen molar-refractivity contribution in [3.05, 3.63) is 86.1 Å². The summed E-state index contributed by atoms with van der Waals surface area (Å²) in [6.45, 7) is 0.598. The first-order chi connectivity index (χ1) is 19.3. The summed E-state index contributed by atoms with van der Waals surface area (Å²) < 4.78 is 35.4. The highest BCUT2D eigenvalue weighted by molar-refractivity contribution is 7.89. The maximum absolute atomic E-state index is 13.7. The third kappa shape index (κ3) is 5.83. The maximum Gasteiger partial charge on any atom is 0.332 e. The van der Waals surface area contributed by atoms with E-state index in [9.17, 15) is 32.4 Å². The topological polar surface area (TPSA) is 180 Å². The summed E-state index contributed by atoms with van der Waals surface area (Å²) in [5, 5.41) is 2.58. The number of nitrogens with zero attached hydrogens (tertiary/aromatic N) is 3. The Kier molecular flexibility index (Phi) is 8.26. The number of anilines is 2. The lowest BCUT2D eigenvalue weighted by Crippen LogP contribution is -2.42. The van der Waals surface area contributed by atoms with Crippen molar-refractivity contribution in [3.8, 4) is 0 Å². The molecular formula is C27H29N5O8S. The highest BCUT2D eigenvalue weighted by atomic mass is 32.2. The van der Waals surface area contributed by atoms with Crippen LogP contribution in [0.15, 0.2) is 63.0 Å². The number of hydrogen-bond donors (Lipinski definition) is 2. The van der Waals surface area contributed by atoms with E-state index in [1.807, 2.05) is 12.1 Å². The van der Waals surface area contributed by atoms with E-state index >= 15 is 0 Å². The fourth-order valence-electron chi connectivity index (χ4n) is 4.73. The summed E-state index contributed by atoms with van der Waals surface area (Å²) in [5.41, 5.74) is 5.60. The van der Waals surface area contributed by atoms with Crippen molar-refractivity contribution in [1.29, 1.82) is 0 Å². The minimum Gasteiger partial charge on any atom is -0.457 e. The van der Waals surface area contributed by atoms with Gasteiger partial charge in [0, 0.05) is 33.3 Å². The summed E-state index contributed by atoms with van der Waals surface area (Å²) in [5.74, 6) is -2.44. The molecule has 216 valence electrons. The Bertz CT molecular complexity index is 1760. The number of esters is 1. The zero-order valence-corrected chi connectivity index (χ0v) is 23.4. The molecule has 0 spiro atoms. The van der Waals surface area contributed by atoms with Gasteiger partial charge in [-0.3, -0.25) is 28.3 Å². The van der Waals surface area contributed by atoms with Crippen LogP contribution >= 0.6 is 0 Å². The Balaban J connectivity index is 1.58. The zero-order valence-electron chi connectivity index (χ0n) is 22.6. The van der Waals surface area contributed by atoms with E-state index in [-0.39, 0.29) is 23.2 Å². The second-order valence-electron chi connectivity index (χ2n) is 9.54. The van der Waals surface area contributed by atoms with E-state index in [2.05, 4.69) is 5.32 Å². The largest absolute Gasteiger partial charge is 0.457 e. The fraction of sp³-hybridized carbons (Fsp3) is 0.296. The van der Waals surface area contributed by atoms with Gasteiger partial charge >= 0.3 is 11.7 Å². The number of nitrogens with one attached hydrogen (secondary N) is 1. The number of ketones is 1. The van der Waals surface area contributed by atoms with Gasteiger partial charge in [0.1, 0.15) is 11.4 Å². The molecule has 2 aromatic carbocycles. The molecule has 2 heterocycles. The number of ether oxygens (including phenoxy) is 1. The quantitative estimate of drug-likeness (QED) is 0.285. The average Bonchev–Trinajstić information content (AvgIpc) is 2.94. The van der Waals surface area contributed by atoms with Crippen LogP contribution < -0.4 is 22.3 Å². The lowest BCUT2D eigenvalue weighted by atomic mass is 9.92. The minimum atomic E-state index is -4.09. The van der Waals surface area contributed by atoms with Gasteiger partial charge in [-0.15, -0.1) is 0 Å². The number of carbonyl (C=O) groups is 3. The van der Waals surface area contributed by atoms with Crippen molar-refractivity contribution in [2.75, 3.05) is 24.2 Å². The fourth-order valence-corrected chi connectivity index (χ4v) is 6.34. The molecule has 0 bridgehead atoms. The summed E-state index contributed by atoms with van der Waals surface area (Å²) in [4.78, 5) is 61.5. The number of nitrogens with two attached hydrogens (primary N) is 1. The van der Waals surface area contributed by atoms with E-state index < -0.39 is 57.7 Å². The Morgan fingerprint density at radius 2 is 1.68 bits per heavy atom. The summed E-state index contributed by atoms with van der Waals surface area (Å²) in [6.07, 6.45) is 0.00692. The SMILES string of the molecule is CC(=O)Nc1ccc(S(=O)(=O)N2CCc3ccccc3C2CC(=O)OCC(=O)c2c(N)n(C)c(=O)n(C)c2=O)cc1. The number of hydrogen-bond acceptors (Lipinski definition) is 9. The van der Waals surface area contributed by atoms with Gasteiger partial charge in [0.25, 0.3) is 5.56 Å². The number of carbonyl (C=O) groups excluding carboxylic acids is 3. The van der Waals surface area contributed by atoms with Crippen LogP contribution in [0.25, 0.3) is 0 Å². The van der Waals surface area contributed by atoms with E-state index in [1.165, 1.54) is 49.6 Å². The highest BCUT2D eigenvalue weighted by Crippen LogP contribution is 2.36. The van der Waals surface area contributed by atoms with Gasteiger partial charge in [0.05, 0.1) is 17.4 Å². The van der Waals surface area contributed by atoms with Crippen LogP contribution in [0.4, 0.5) is 11.5 Å². The number of benzene rings is 2. The van der Waals surface area contributed by atoms with Gasteiger partial charge in [0.15, 0.2) is 6.61 Å². The first kappa shape index (κ1) is 29.4. The molecule has 14 heteroatoms. The van der Waals surface area contributed by atoms with Crippen molar-refractivity contribution in [1.82, 2.24) is 13.4 Å². The van der Waals surface area contributed by atoms with Crippen LogP contribution in [0.3, 0.4) is 0 Å². The van der Waals surface area contributed by atoms with E-state index in [4.69, 9.17) is 10.5 Å². The molecule has 1 unspecified atom stereocenters. The third-order valence-corrected chi connectivity index (χ3v) is 8.78. The monoisotopic (exact) mass is 583 g/mol. The molecule has 1 aromatic heterocycles. The van der Waals surface area contributed by atoms with Crippen LogP contribution in [0.2, 0.25) is 0 Å². The number of amides is 1. The van der Waals surface area contributed by atoms with Crippen LogP contribution in [0.5, 0.6) is 0 Å². The molecule has 1 aliphatic heterocycles. The van der Waals surface area contributed by atoms with Gasteiger partial charge in [-0.25, -0.2) is 13.2 Å². The first-order valence-corrected chi connectivity index (χ1v) is 14.0. The van der Waals surface area contributed by atoms with Crippen molar-refractivity contribution in [2.45, 2.75) is 30.7 Å². The predicted molar refractivity (Wildman–Crippen MR) is 149 cm³/mol. The van der Waals surface area contributed by atoms with Gasteiger partial charge in [0.2, 0.25) is 21.7 Å². The van der Waals surface area contributed by atoms with Crippen LogP contribution in [0, 0.1) is 0 Å². The van der Waals surface area contributed by atoms with Gasteiger partial charge in [-0.05, 0) is 41.8 Å². The minimum absolute atomic E-state index is 0.0273. The number of aromatic nitrogens is 2. The second kappa shape index (κ2) is 11.5. The molecule has 1 atom stereocenters. The van der Waals surface area contributed by atoms with Crippen molar-refractivity contribution in [3.63, 3.8) is 0 Å². The summed E-state index contributed by atoms with van der Waals surface area (Å²) in [7, 11) is -1.61. The van der Waals surface area contributed by atoms with E-state index in [1.54, 1.807) is 12.1 Å². The van der Waals surface area contributed by atoms with Crippen LogP contribution in [-0.2, 0) is 44.9 Å². The number of sulfonamides is 1. The number of Topliss-reactive ketones (excluding diaryl/α,β-unsaturated/α-hetero) is 1. The molecule has 3 aromatic rings. The number of fused-ring (bicyclic) bond motifs is 1. The molecule has 1 aliphatic rings. The van der Waals surface area contributed by atoms with Crippen molar-refractivity contribution in [2.24, 2.45) is 14.1 Å². The average molecular weight is 584 g/mol. The molecular weight excluding hydrogens is 554 g/mol. The molecule has 0 fully saturated rings. The predicted octanol–water partition coefficient (Wildman–Crippen LogP) is 0.729. The maximum atomic E-state index is 13.7. The number of nitrogen functional groups attached to an aromatic ring is 1. The first-order valence-electron chi connectivity index (χ1n) is 12.5.